The van der Waals surface area contributed by atoms with Crippen molar-refractivity contribution in [3.63, 3.8) is 0 Å². The Kier molecular flexibility index (Phi) is 5.91. The summed E-state index contributed by atoms with van der Waals surface area (Å²) in [6.45, 7) is 3.32. The van der Waals surface area contributed by atoms with Gasteiger partial charge in [-0.05, 0) is 18.4 Å². The predicted molar refractivity (Wildman–Crippen MR) is 66.0 cm³/mol. The molecule has 0 bridgehead atoms. The van der Waals surface area contributed by atoms with Crippen LogP contribution in [0.3, 0.4) is 0 Å². The molecule has 2 unspecified atom stereocenters. The van der Waals surface area contributed by atoms with Gasteiger partial charge in [-0.3, -0.25) is 4.79 Å². The second-order valence-electron chi connectivity index (χ2n) is 4.31. The smallest absolute Gasteiger partial charge is 0.326 e. The van der Waals surface area contributed by atoms with Gasteiger partial charge in [-0.1, -0.05) is 12.0 Å². The molecule has 0 spiro atoms. The van der Waals surface area contributed by atoms with Crippen LogP contribution in [0.5, 0.6) is 0 Å². The molecular formula is C11H20N4O3. The van der Waals surface area contributed by atoms with E-state index in [4.69, 9.17) is 15.0 Å². The summed E-state index contributed by atoms with van der Waals surface area (Å²) in [6.07, 6.45) is 2.08. The van der Waals surface area contributed by atoms with E-state index >= 15 is 0 Å². The van der Waals surface area contributed by atoms with Gasteiger partial charge in [0.05, 0.1) is 13.2 Å². The topological polar surface area (TPSA) is 96.3 Å². The monoisotopic (exact) mass is 256 g/mol. The molecule has 1 aliphatic heterocycles. The lowest BCUT2D eigenvalue weighted by Crippen LogP contribution is -2.58. The van der Waals surface area contributed by atoms with Crippen molar-refractivity contribution in [2.45, 2.75) is 37.8 Å². The summed E-state index contributed by atoms with van der Waals surface area (Å²) < 4.78 is 10.5. The minimum atomic E-state index is -0.710. The minimum absolute atomic E-state index is 0.0600. The fourth-order valence-electron chi connectivity index (χ4n) is 2.22. The summed E-state index contributed by atoms with van der Waals surface area (Å²) in [5.41, 5.74) is 7.51. The average Bonchev–Trinajstić information content (AvgIpc) is 2.43. The molecule has 0 aliphatic carbocycles. The van der Waals surface area contributed by atoms with E-state index in [0.29, 0.717) is 32.5 Å². The van der Waals surface area contributed by atoms with Gasteiger partial charge >= 0.3 is 5.97 Å². The molecule has 1 heterocycles. The van der Waals surface area contributed by atoms with Gasteiger partial charge in [0.2, 0.25) is 0 Å². The molecule has 1 rings (SSSR count). The summed E-state index contributed by atoms with van der Waals surface area (Å²) in [5.74, 6) is -0.273. The van der Waals surface area contributed by atoms with Crippen molar-refractivity contribution in [2.75, 3.05) is 26.8 Å². The fraction of sp³-hybridized carbons (Fsp3) is 0.909. The van der Waals surface area contributed by atoms with Gasteiger partial charge < -0.3 is 14.8 Å². The molecule has 102 valence electrons. The molecular weight excluding hydrogens is 236 g/mol. The summed E-state index contributed by atoms with van der Waals surface area (Å²) >= 11 is 0. The number of azide groups is 1. The highest BCUT2D eigenvalue weighted by molar-refractivity contribution is 5.81. The maximum Gasteiger partial charge on any atom is 0.326 e. The third kappa shape index (κ3) is 3.60. The van der Waals surface area contributed by atoms with E-state index in [1.54, 1.807) is 0 Å². The number of carbonyl (C=O) groups excluding carboxylic acids is 1. The molecule has 0 amide bonds. The van der Waals surface area contributed by atoms with E-state index < -0.39 is 5.54 Å². The molecule has 1 saturated heterocycles. The largest absolute Gasteiger partial charge is 0.468 e. The molecule has 1 N–H and O–H groups in total. The van der Waals surface area contributed by atoms with Gasteiger partial charge in [-0.2, -0.15) is 0 Å². The van der Waals surface area contributed by atoms with Gasteiger partial charge in [0.15, 0.2) is 0 Å². The van der Waals surface area contributed by atoms with Crippen LogP contribution < -0.4 is 5.32 Å². The highest BCUT2D eigenvalue weighted by Crippen LogP contribution is 2.27. The highest BCUT2D eigenvalue weighted by Gasteiger charge is 2.43. The zero-order valence-corrected chi connectivity index (χ0v) is 10.9. The van der Waals surface area contributed by atoms with E-state index in [2.05, 4.69) is 15.3 Å². The van der Waals surface area contributed by atoms with Gasteiger partial charge in [-0.15, -0.1) is 0 Å². The lowest BCUT2D eigenvalue weighted by atomic mass is 9.85. The number of carbonyl (C=O) groups is 1. The molecule has 0 aromatic carbocycles. The number of methoxy groups -OCH3 is 1. The maximum atomic E-state index is 12.0. The van der Waals surface area contributed by atoms with Crippen LogP contribution in [0.1, 0.15) is 26.2 Å². The van der Waals surface area contributed by atoms with E-state index in [1.807, 2.05) is 6.92 Å². The summed E-state index contributed by atoms with van der Waals surface area (Å²) in [7, 11) is 1.38. The Labute approximate surface area is 106 Å². The highest BCUT2D eigenvalue weighted by atomic mass is 16.5. The third-order valence-corrected chi connectivity index (χ3v) is 3.23. The van der Waals surface area contributed by atoms with Crippen molar-refractivity contribution < 1.29 is 14.3 Å². The van der Waals surface area contributed by atoms with Crippen LogP contribution in [0.15, 0.2) is 5.11 Å². The Morgan fingerprint density at radius 1 is 1.72 bits per heavy atom. The Balaban J connectivity index is 2.68. The van der Waals surface area contributed by atoms with E-state index in [9.17, 15) is 4.79 Å². The van der Waals surface area contributed by atoms with Gasteiger partial charge in [0, 0.05) is 31.0 Å². The number of hydrogen-bond acceptors (Lipinski definition) is 5. The second kappa shape index (κ2) is 7.20. The van der Waals surface area contributed by atoms with Crippen LogP contribution in [-0.2, 0) is 14.3 Å². The molecule has 0 radical (unpaired) electrons. The van der Waals surface area contributed by atoms with Gasteiger partial charge in [0.25, 0.3) is 0 Å². The number of ether oxygens (including phenoxy) is 2. The third-order valence-electron chi connectivity index (χ3n) is 3.23. The lowest BCUT2D eigenvalue weighted by Gasteiger charge is -2.39. The number of rotatable bonds is 6. The molecule has 1 aliphatic rings. The quantitative estimate of drug-likeness (QED) is 0.255. The van der Waals surface area contributed by atoms with Crippen LogP contribution in [0, 0.1) is 0 Å². The normalized spacial score (nSPS) is 27.3. The van der Waals surface area contributed by atoms with Gasteiger partial charge in [-0.25, -0.2) is 0 Å². The molecule has 7 nitrogen and oxygen atoms in total. The van der Waals surface area contributed by atoms with Crippen LogP contribution in [0.2, 0.25) is 0 Å². The Morgan fingerprint density at radius 2 is 2.50 bits per heavy atom. The predicted octanol–water partition coefficient (Wildman–Crippen LogP) is 1.39. The maximum absolute atomic E-state index is 12.0. The van der Waals surface area contributed by atoms with Gasteiger partial charge in [0.1, 0.15) is 5.54 Å². The Hall–Kier alpha value is -1.30. The summed E-state index contributed by atoms with van der Waals surface area (Å²) in [6, 6.07) is 0. The Morgan fingerprint density at radius 3 is 3.11 bits per heavy atom. The van der Waals surface area contributed by atoms with Crippen molar-refractivity contribution in [2.24, 2.45) is 5.11 Å². The van der Waals surface area contributed by atoms with Crippen molar-refractivity contribution in [3.8, 4) is 0 Å². The number of esters is 1. The zero-order chi connectivity index (χ0) is 13.4. The first kappa shape index (κ1) is 14.8. The number of hydrogen-bond donors (Lipinski definition) is 1. The van der Waals surface area contributed by atoms with Crippen molar-refractivity contribution >= 4 is 5.97 Å². The minimum Gasteiger partial charge on any atom is -0.468 e. The van der Waals surface area contributed by atoms with E-state index in [0.717, 1.165) is 6.42 Å². The van der Waals surface area contributed by atoms with Crippen LogP contribution in [0.25, 0.3) is 10.4 Å². The molecule has 7 heteroatoms. The molecule has 18 heavy (non-hydrogen) atoms. The van der Waals surface area contributed by atoms with Crippen molar-refractivity contribution in [1.82, 2.24) is 5.32 Å². The first-order valence-electron chi connectivity index (χ1n) is 6.14. The lowest BCUT2D eigenvalue weighted by molar-refractivity contribution is -0.155. The molecule has 1 fully saturated rings. The van der Waals surface area contributed by atoms with E-state index in [-0.39, 0.29) is 12.1 Å². The molecule has 0 saturated carbocycles. The molecule has 2 atom stereocenters. The van der Waals surface area contributed by atoms with Crippen molar-refractivity contribution in [3.05, 3.63) is 10.4 Å². The fourth-order valence-corrected chi connectivity index (χ4v) is 2.22. The molecule has 0 aromatic rings. The standard InChI is InChI=1S/C11H20N4O3/c1-3-9-8-11(4-7-18-9,10(16)17-2)13-5-6-14-15-12/h9,13H,3-8H2,1-2H3. The van der Waals surface area contributed by atoms with Crippen molar-refractivity contribution in [1.29, 1.82) is 0 Å². The second-order valence-corrected chi connectivity index (χ2v) is 4.31. The Bertz CT molecular complexity index is 330. The SMILES string of the molecule is CCC1CC(NCCN=[N+]=[N-])(C(=O)OC)CCO1. The molecule has 0 aromatic heterocycles. The van der Waals surface area contributed by atoms with Crippen LogP contribution in [-0.4, -0.2) is 44.4 Å². The van der Waals surface area contributed by atoms with Crippen LogP contribution >= 0.6 is 0 Å². The van der Waals surface area contributed by atoms with E-state index in [1.165, 1.54) is 7.11 Å². The number of nitrogens with one attached hydrogen (secondary N) is 1. The first-order chi connectivity index (χ1) is 8.68. The summed E-state index contributed by atoms with van der Waals surface area (Å²) in [5, 5.41) is 6.61. The summed E-state index contributed by atoms with van der Waals surface area (Å²) in [4.78, 5) is 14.7. The average molecular weight is 256 g/mol. The first-order valence-corrected chi connectivity index (χ1v) is 6.14. The number of nitrogens with zero attached hydrogens (tertiary/aromatic N) is 3. The van der Waals surface area contributed by atoms with Crippen LogP contribution in [0.4, 0.5) is 0 Å². The zero-order valence-electron chi connectivity index (χ0n) is 10.9.